The molecule has 1 aliphatic rings. The van der Waals surface area contributed by atoms with Gasteiger partial charge in [0, 0.05) is 52.1 Å². The van der Waals surface area contributed by atoms with Crippen LogP contribution in [0.5, 0.6) is 0 Å². The van der Waals surface area contributed by atoms with Crippen molar-refractivity contribution in [3.8, 4) is 0 Å². The second-order valence-electron chi connectivity index (χ2n) is 8.20. The molecule has 1 amide bonds. The molecule has 0 spiro atoms. The Labute approximate surface area is 204 Å². The van der Waals surface area contributed by atoms with Gasteiger partial charge in [0.05, 0.1) is 38.5 Å². The van der Waals surface area contributed by atoms with Crippen LogP contribution in [0.3, 0.4) is 0 Å². The Bertz CT molecular complexity index is 1030. The molecule has 0 aliphatic carbocycles. The van der Waals surface area contributed by atoms with E-state index in [1.54, 1.807) is 17.7 Å². The van der Waals surface area contributed by atoms with Gasteiger partial charge in [-0.3, -0.25) is 14.2 Å². The van der Waals surface area contributed by atoms with Crippen LogP contribution < -0.4 is 0 Å². The number of para-hydroxylation sites is 1. The summed E-state index contributed by atoms with van der Waals surface area (Å²) < 4.78 is 29.1. The summed E-state index contributed by atoms with van der Waals surface area (Å²) in [5.41, 5.74) is 1.71. The Balaban J connectivity index is 1.89. The molecular formula is C25H34N2O8. The molecule has 10 heteroatoms. The number of rotatable bonds is 12. The third-order valence-electron chi connectivity index (χ3n) is 5.81. The SMILES string of the molecule is COC(CN(C)C(=O)C1=C[C@H](c2cn(C(C)=O)c3ccccc23)C[C@H](OCCOCCO)O1)OC. The third-order valence-corrected chi connectivity index (χ3v) is 5.81. The second-order valence-corrected chi connectivity index (χ2v) is 8.20. The van der Waals surface area contributed by atoms with E-state index in [2.05, 4.69) is 0 Å². The zero-order valence-corrected chi connectivity index (χ0v) is 20.6. The number of hydrogen-bond acceptors (Lipinski definition) is 8. The summed E-state index contributed by atoms with van der Waals surface area (Å²) in [6, 6.07) is 7.66. The summed E-state index contributed by atoms with van der Waals surface area (Å²) in [4.78, 5) is 26.9. The van der Waals surface area contributed by atoms with Crippen LogP contribution in [-0.4, -0.2) is 93.2 Å². The standard InChI is InChI=1S/C25H34N2O8/c1-17(29)27-15-20(19-7-5-6-8-21(19)27)18-13-22(25(30)26(2)16-24(31-3)32-4)35-23(14-18)34-12-11-33-10-9-28/h5-8,13,15,18,23-24,28H,9-12,14,16H2,1-4H3/t18-,23+/m0/s1. The van der Waals surface area contributed by atoms with Crippen molar-refractivity contribution in [3.05, 3.63) is 47.9 Å². The molecule has 35 heavy (non-hydrogen) atoms. The minimum atomic E-state index is -0.699. The Morgan fingerprint density at radius 1 is 1.20 bits per heavy atom. The quantitative estimate of drug-likeness (QED) is 0.356. The number of benzene rings is 1. The first-order valence-corrected chi connectivity index (χ1v) is 11.5. The van der Waals surface area contributed by atoms with E-state index in [1.807, 2.05) is 30.5 Å². The summed E-state index contributed by atoms with van der Waals surface area (Å²) in [7, 11) is 4.65. The fourth-order valence-electron chi connectivity index (χ4n) is 4.03. The monoisotopic (exact) mass is 490 g/mol. The first-order valence-electron chi connectivity index (χ1n) is 11.5. The summed E-state index contributed by atoms with van der Waals surface area (Å²) >= 11 is 0. The molecular weight excluding hydrogens is 456 g/mol. The lowest BCUT2D eigenvalue weighted by Gasteiger charge is -2.31. The van der Waals surface area contributed by atoms with E-state index in [-0.39, 0.29) is 56.5 Å². The Hall–Kier alpha value is -2.76. The molecule has 1 aromatic heterocycles. The maximum Gasteiger partial charge on any atom is 0.288 e. The average molecular weight is 491 g/mol. The van der Waals surface area contributed by atoms with Crippen molar-refractivity contribution >= 4 is 22.7 Å². The molecule has 2 atom stereocenters. The number of fused-ring (bicyclic) bond motifs is 1. The van der Waals surface area contributed by atoms with E-state index in [9.17, 15) is 9.59 Å². The number of aliphatic hydroxyl groups is 1. The van der Waals surface area contributed by atoms with Gasteiger partial charge in [0.25, 0.3) is 5.91 Å². The van der Waals surface area contributed by atoms with Crippen LogP contribution in [-0.2, 0) is 28.5 Å². The van der Waals surface area contributed by atoms with Gasteiger partial charge in [-0.1, -0.05) is 18.2 Å². The summed E-state index contributed by atoms with van der Waals surface area (Å²) in [5, 5.41) is 9.79. The van der Waals surface area contributed by atoms with E-state index >= 15 is 0 Å². The predicted molar refractivity (Wildman–Crippen MR) is 128 cm³/mol. The normalized spacial score (nSPS) is 17.9. The molecule has 0 unspecified atom stereocenters. The molecule has 0 radical (unpaired) electrons. The van der Waals surface area contributed by atoms with Gasteiger partial charge in [-0.15, -0.1) is 0 Å². The highest BCUT2D eigenvalue weighted by molar-refractivity contribution is 5.95. The van der Waals surface area contributed by atoms with Gasteiger partial charge in [0.1, 0.15) is 0 Å². The van der Waals surface area contributed by atoms with Crippen molar-refractivity contribution < 1.29 is 38.4 Å². The van der Waals surface area contributed by atoms with Gasteiger partial charge in [-0.05, 0) is 17.7 Å². The summed E-state index contributed by atoms with van der Waals surface area (Å²) in [5.74, 6) is -0.519. The number of methoxy groups -OCH3 is 2. The average Bonchev–Trinajstić information content (AvgIpc) is 3.26. The number of likely N-dealkylation sites (N-methyl/N-ethyl adjacent to an activating group) is 1. The van der Waals surface area contributed by atoms with Crippen molar-refractivity contribution in [1.82, 2.24) is 9.47 Å². The molecule has 0 saturated carbocycles. The van der Waals surface area contributed by atoms with Crippen LogP contribution in [0.1, 0.15) is 29.6 Å². The van der Waals surface area contributed by atoms with Gasteiger partial charge in [0.15, 0.2) is 12.0 Å². The lowest BCUT2D eigenvalue weighted by Crippen LogP contribution is -2.39. The van der Waals surface area contributed by atoms with E-state index in [1.165, 1.54) is 26.0 Å². The summed E-state index contributed by atoms with van der Waals surface area (Å²) in [6.07, 6.45) is 2.77. The van der Waals surface area contributed by atoms with Crippen LogP contribution >= 0.6 is 0 Å². The smallest absolute Gasteiger partial charge is 0.288 e. The first kappa shape index (κ1) is 26.8. The topological polar surface area (TPSA) is 109 Å². The Morgan fingerprint density at radius 3 is 2.63 bits per heavy atom. The molecule has 192 valence electrons. The molecule has 2 heterocycles. The van der Waals surface area contributed by atoms with Crippen LogP contribution in [0.4, 0.5) is 0 Å². The minimum Gasteiger partial charge on any atom is -0.459 e. The Morgan fingerprint density at radius 2 is 1.94 bits per heavy atom. The highest BCUT2D eigenvalue weighted by Gasteiger charge is 2.32. The highest BCUT2D eigenvalue weighted by atomic mass is 16.7. The third kappa shape index (κ3) is 6.68. The predicted octanol–water partition coefficient (Wildman–Crippen LogP) is 2.12. The van der Waals surface area contributed by atoms with Crippen LogP contribution in [0, 0.1) is 0 Å². The van der Waals surface area contributed by atoms with Crippen molar-refractivity contribution in [2.45, 2.75) is 31.8 Å². The van der Waals surface area contributed by atoms with Crippen LogP contribution in [0.2, 0.25) is 0 Å². The zero-order chi connectivity index (χ0) is 25.4. The number of hydrogen-bond donors (Lipinski definition) is 1. The number of ether oxygens (including phenoxy) is 5. The zero-order valence-electron chi connectivity index (χ0n) is 20.6. The van der Waals surface area contributed by atoms with Crippen molar-refractivity contribution in [1.29, 1.82) is 0 Å². The fraction of sp³-hybridized carbons (Fsp3) is 0.520. The molecule has 2 aromatic rings. The number of carbonyl (C=O) groups excluding carboxylic acids is 2. The van der Waals surface area contributed by atoms with Gasteiger partial charge in [-0.2, -0.15) is 0 Å². The molecule has 10 nitrogen and oxygen atoms in total. The second kappa shape index (κ2) is 12.8. The van der Waals surface area contributed by atoms with Gasteiger partial charge < -0.3 is 33.7 Å². The molecule has 0 bridgehead atoms. The number of aliphatic hydroxyl groups excluding tert-OH is 1. The molecule has 3 rings (SSSR count). The molecule has 0 fully saturated rings. The van der Waals surface area contributed by atoms with E-state index in [0.717, 1.165) is 16.5 Å². The molecule has 1 aromatic carbocycles. The van der Waals surface area contributed by atoms with E-state index < -0.39 is 12.6 Å². The Kier molecular flexibility index (Phi) is 9.82. The van der Waals surface area contributed by atoms with E-state index in [4.69, 9.17) is 28.8 Å². The maximum absolute atomic E-state index is 13.2. The van der Waals surface area contributed by atoms with Gasteiger partial charge >= 0.3 is 0 Å². The number of amides is 1. The number of nitrogens with zero attached hydrogens (tertiary/aromatic N) is 2. The van der Waals surface area contributed by atoms with Crippen LogP contribution in [0.15, 0.2) is 42.3 Å². The maximum atomic E-state index is 13.2. The largest absolute Gasteiger partial charge is 0.459 e. The first-order chi connectivity index (χ1) is 16.9. The van der Waals surface area contributed by atoms with Crippen molar-refractivity contribution in [2.24, 2.45) is 0 Å². The lowest BCUT2D eigenvalue weighted by atomic mass is 9.92. The van der Waals surface area contributed by atoms with Gasteiger partial charge in [0.2, 0.25) is 12.2 Å². The highest BCUT2D eigenvalue weighted by Crippen LogP contribution is 2.36. The molecule has 1 aliphatic heterocycles. The van der Waals surface area contributed by atoms with Crippen LogP contribution in [0.25, 0.3) is 10.9 Å². The lowest BCUT2D eigenvalue weighted by molar-refractivity contribution is -0.161. The number of aromatic nitrogens is 1. The minimum absolute atomic E-state index is 0.0696. The molecule has 1 N–H and O–H groups in total. The summed E-state index contributed by atoms with van der Waals surface area (Å²) in [6.45, 7) is 2.39. The van der Waals surface area contributed by atoms with Gasteiger partial charge in [-0.25, -0.2) is 0 Å². The fourth-order valence-corrected chi connectivity index (χ4v) is 4.03. The van der Waals surface area contributed by atoms with E-state index in [0.29, 0.717) is 6.42 Å². The number of allylic oxidation sites excluding steroid dienone is 1. The number of carbonyl (C=O) groups is 2. The van der Waals surface area contributed by atoms with Crippen molar-refractivity contribution in [3.63, 3.8) is 0 Å². The van der Waals surface area contributed by atoms with Crippen molar-refractivity contribution in [2.75, 3.05) is 54.2 Å². The molecule has 0 saturated heterocycles.